The summed E-state index contributed by atoms with van der Waals surface area (Å²) in [4.78, 5) is 25.3. The molecule has 9 heteroatoms. The number of fused-ring (bicyclic) bond motifs is 1. The summed E-state index contributed by atoms with van der Waals surface area (Å²) in [5.74, 6) is 1.61. The van der Waals surface area contributed by atoms with Crippen molar-refractivity contribution in [3.05, 3.63) is 41.2 Å². The van der Waals surface area contributed by atoms with Crippen molar-refractivity contribution in [2.45, 2.75) is 24.9 Å². The van der Waals surface area contributed by atoms with Gasteiger partial charge in [0, 0.05) is 31.2 Å². The Labute approximate surface area is 161 Å². The molecular formula is C19H20N6O3. The van der Waals surface area contributed by atoms with Crippen molar-refractivity contribution in [3.63, 3.8) is 0 Å². The van der Waals surface area contributed by atoms with E-state index in [9.17, 15) is 4.79 Å². The highest BCUT2D eigenvalue weighted by Gasteiger charge is 2.39. The Hall–Kier alpha value is -3.20. The molecule has 2 aromatic heterocycles. The van der Waals surface area contributed by atoms with Crippen LogP contribution >= 0.6 is 0 Å². The van der Waals surface area contributed by atoms with E-state index >= 15 is 0 Å². The molecule has 5 heterocycles. The maximum absolute atomic E-state index is 11.6. The maximum atomic E-state index is 11.6. The highest BCUT2D eigenvalue weighted by molar-refractivity contribution is 6.00. The first-order chi connectivity index (χ1) is 13.6. The summed E-state index contributed by atoms with van der Waals surface area (Å²) >= 11 is 0. The number of aromatic nitrogens is 2. The number of nitrogens with zero attached hydrogens (tertiary/aromatic N) is 3. The van der Waals surface area contributed by atoms with E-state index in [1.54, 1.807) is 24.4 Å². The van der Waals surface area contributed by atoms with Gasteiger partial charge < -0.3 is 25.8 Å². The topological polar surface area (TPSA) is 124 Å². The lowest BCUT2D eigenvalue weighted by atomic mass is 9.92. The van der Waals surface area contributed by atoms with Gasteiger partial charge in [0.1, 0.15) is 23.8 Å². The van der Waals surface area contributed by atoms with Gasteiger partial charge in [-0.1, -0.05) is 0 Å². The average molecular weight is 380 g/mol. The second-order valence-corrected chi connectivity index (χ2v) is 7.20. The van der Waals surface area contributed by atoms with Crippen LogP contribution < -0.4 is 16.4 Å². The number of rotatable bonds is 3. The minimum atomic E-state index is -0.198. The molecule has 0 aliphatic carbocycles. The normalized spacial score (nSPS) is 19.7. The van der Waals surface area contributed by atoms with Gasteiger partial charge in [-0.05, 0) is 25.0 Å². The Morgan fingerprint density at radius 3 is 2.86 bits per heavy atom. The third kappa shape index (κ3) is 2.93. The minimum absolute atomic E-state index is 0.0968. The van der Waals surface area contributed by atoms with Crippen LogP contribution in [-0.2, 0) is 16.0 Å². The Morgan fingerprint density at radius 2 is 2.04 bits per heavy atom. The van der Waals surface area contributed by atoms with Crippen molar-refractivity contribution >= 4 is 29.1 Å². The van der Waals surface area contributed by atoms with Gasteiger partial charge in [0.2, 0.25) is 5.90 Å². The van der Waals surface area contributed by atoms with E-state index in [0.29, 0.717) is 60.7 Å². The zero-order chi connectivity index (χ0) is 19.1. The summed E-state index contributed by atoms with van der Waals surface area (Å²) < 4.78 is 11.3. The quantitative estimate of drug-likeness (QED) is 0.735. The lowest BCUT2D eigenvalue weighted by Gasteiger charge is -2.28. The van der Waals surface area contributed by atoms with Crippen LogP contribution in [0.3, 0.4) is 0 Å². The number of carbonyl (C=O) groups is 1. The summed E-state index contributed by atoms with van der Waals surface area (Å²) in [5.41, 5.74) is 8.58. The highest BCUT2D eigenvalue weighted by Crippen LogP contribution is 2.32. The number of nitrogens with two attached hydrogens (primary N) is 1. The van der Waals surface area contributed by atoms with Crippen molar-refractivity contribution in [1.82, 2.24) is 15.3 Å². The van der Waals surface area contributed by atoms with Crippen LogP contribution in [0, 0.1) is 0 Å². The fraction of sp³-hybridized carbons (Fsp3) is 0.368. The molecule has 28 heavy (non-hydrogen) atoms. The molecule has 0 radical (unpaired) electrons. The van der Waals surface area contributed by atoms with Gasteiger partial charge in [-0.25, -0.2) is 15.0 Å². The molecular weight excluding hydrogens is 360 g/mol. The fourth-order valence-corrected chi connectivity index (χ4v) is 3.65. The SMILES string of the molecule is Nc1cc(Nc2ccc3c(n2)CNC3=O)ncc1C1=NC2(CCOCC2)CO1. The molecule has 2 aromatic rings. The summed E-state index contributed by atoms with van der Waals surface area (Å²) in [6, 6.07) is 5.22. The van der Waals surface area contributed by atoms with E-state index in [4.69, 9.17) is 20.2 Å². The van der Waals surface area contributed by atoms with Crippen LogP contribution in [0.25, 0.3) is 0 Å². The van der Waals surface area contributed by atoms with E-state index in [0.717, 1.165) is 18.5 Å². The molecule has 1 spiro atoms. The number of amides is 1. The van der Waals surface area contributed by atoms with E-state index in [1.165, 1.54) is 0 Å². The van der Waals surface area contributed by atoms with Crippen molar-refractivity contribution in [2.75, 3.05) is 30.9 Å². The number of hydrogen-bond acceptors (Lipinski definition) is 8. The van der Waals surface area contributed by atoms with E-state index in [1.807, 2.05) is 0 Å². The molecule has 9 nitrogen and oxygen atoms in total. The van der Waals surface area contributed by atoms with Crippen LogP contribution in [0.5, 0.6) is 0 Å². The van der Waals surface area contributed by atoms with Crippen molar-refractivity contribution < 1.29 is 14.3 Å². The number of nitrogen functional groups attached to an aromatic ring is 1. The number of carbonyl (C=O) groups excluding carboxylic acids is 1. The zero-order valence-electron chi connectivity index (χ0n) is 15.2. The Morgan fingerprint density at radius 1 is 1.18 bits per heavy atom. The lowest BCUT2D eigenvalue weighted by Crippen LogP contribution is -2.35. The Kier molecular flexibility index (Phi) is 3.90. The molecule has 5 rings (SSSR count). The Balaban J connectivity index is 1.36. The number of pyridine rings is 2. The second kappa shape index (κ2) is 6.45. The van der Waals surface area contributed by atoms with Gasteiger partial charge in [0.15, 0.2) is 0 Å². The van der Waals surface area contributed by atoms with Gasteiger partial charge in [-0.2, -0.15) is 0 Å². The Bertz CT molecular complexity index is 984. The van der Waals surface area contributed by atoms with Crippen molar-refractivity contribution in [1.29, 1.82) is 0 Å². The molecule has 4 N–H and O–H groups in total. The third-order valence-electron chi connectivity index (χ3n) is 5.30. The monoisotopic (exact) mass is 380 g/mol. The van der Waals surface area contributed by atoms with Crippen LogP contribution in [0.1, 0.15) is 34.5 Å². The first-order valence-corrected chi connectivity index (χ1v) is 9.23. The number of hydrogen-bond donors (Lipinski definition) is 3. The number of ether oxygens (including phenoxy) is 2. The molecule has 1 fully saturated rings. The number of aliphatic imine (C=N–C) groups is 1. The predicted octanol–water partition coefficient (Wildman–Crippen LogP) is 1.37. The zero-order valence-corrected chi connectivity index (χ0v) is 15.2. The van der Waals surface area contributed by atoms with Gasteiger partial charge in [-0.15, -0.1) is 0 Å². The van der Waals surface area contributed by atoms with Crippen LogP contribution in [0.2, 0.25) is 0 Å². The average Bonchev–Trinajstić information content (AvgIpc) is 3.26. The van der Waals surface area contributed by atoms with E-state index < -0.39 is 0 Å². The van der Waals surface area contributed by atoms with Gasteiger partial charge >= 0.3 is 0 Å². The minimum Gasteiger partial charge on any atom is -0.475 e. The lowest BCUT2D eigenvalue weighted by molar-refractivity contribution is 0.0442. The maximum Gasteiger partial charge on any atom is 0.253 e. The molecule has 0 saturated carbocycles. The van der Waals surface area contributed by atoms with Crippen LogP contribution in [0.4, 0.5) is 17.3 Å². The first kappa shape index (κ1) is 16.9. The van der Waals surface area contributed by atoms with Gasteiger partial charge in [-0.3, -0.25) is 4.79 Å². The molecule has 0 aromatic carbocycles. The number of nitrogens with one attached hydrogen (secondary N) is 2. The third-order valence-corrected chi connectivity index (χ3v) is 5.30. The summed E-state index contributed by atoms with van der Waals surface area (Å²) in [6.07, 6.45) is 3.36. The molecule has 0 unspecified atom stereocenters. The molecule has 1 saturated heterocycles. The predicted molar refractivity (Wildman–Crippen MR) is 103 cm³/mol. The van der Waals surface area contributed by atoms with Gasteiger partial charge in [0.05, 0.1) is 23.4 Å². The molecule has 0 atom stereocenters. The number of anilines is 3. The second-order valence-electron chi connectivity index (χ2n) is 7.20. The summed E-state index contributed by atoms with van der Waals surface area (Å²) in [5, 5.41) is 5.87. The standard InChI is InChI=1S/C19H20N6O3/c20-13-7-16(24-15-2-1-11-14(23-15)9-22-17(11)26)21-8-12(13)18-25-19(10-28-18)3-5-27-6-4-19/h1-2,7-8H,3-6,9-10H2,(H,22,26)(H3,20,21,23,24). The molecule has 0 bridgehead atoms. The first-order valence-electron chi connectivity index (χ1n) is 9.23. The molecule has 3 aliphatic rings. The summed E-state index contributed by atoms with van der Waals surface area (Å²) in [7, 11) is 0. The van der Waals surface area contributed by atoms with Crippen LogP contribution in [0.15, 0.2) is 29.4 Å². The molecule has 3 aliphatic heterocycles. The molecule has 1 amide bonds. The highest BCUT2D eigenvalue weighted by atomic mass is 16.5. The van der Waals surface area contributed by atoms with Crippen molar-refractivity contribution in [2.24, 2.45) is 4.99 Å². The van der Waals surface area contributed by atoms with Crippen LogP contribution in [-0.4, -0.2) is 47.1 Å². The largest absolute Gasteiger partial charge is 0.475 e. The molecule has 144 valence electrons. The van der Waals surface area contributed by atoms with Crippen molar-refractivity contribution in [3.8, 4) is 0 Å². The van der Waals surface area contributed by atoms with Gasteiger partial charge in [0.25, 0.3) is 5.91 Å². The summed E-state index contributed by atoms with van der Waals surface area (Å²) in [6.45, 7) is 2.39. The van der Waals surface area contributed by atoms with E-state index in [2.05, 4.69) is 20.6 Å². The van der Waals surface area contributed by atoms with E-state index in [-0.39, 0.29) is 11.4 Å². The fourth-order valence-electron chi connectivity index (χ4n) is 3.65. The smallest absolute Gasteiger partial charge is 0.253 e.